The smallest absolute Gasteiger partial charge is 0.220 e. The van der Waals surface area contributed by atoms with E-state index in [0.717, 1.165) is 22.4 Å². The summed E-state index contributed by atoms with van der Waals surface area (Å²) in [5.41, 5.74) is 4.02. The molecule has 0 fully saturated rings. The van der Waals surface area contributed by atoms with Gasteiger partial charge in [0, 0.05) is 18.4 Å². The van der Waals surface area contributed by atoms with E-state index in [0.29, 0.717) is 12.2 Å². The van der Waals surface area contributed by atoms with Gasteiger partial charge in [-0.2, -0.15) is 0 Å². The second-order valence-corrected chi connectivity index (χ2v) is 6.53. The number of aryl methyl sites for hydroxylation is 2. The molecule has 4 nitrogen and oxygen atoms in total. The molecule has 26 heavy (non-hydrogen) atoms. The van der Waals surface area contributed by atoms with E-state index in [2.05, 4.69) is 23.5 Å². The molecule has 0 heterocycles. The highest BCUT2D eigenvalue weighted by Gasteiger charge is 2.14. The van der Waals surface area contributed by atoms with Crippen molar-refractivity contribution in [1.82, 2.24) is 5.32 Å². The fraction of sp³-hybridized carbons (Fsp3) is 0.364. The van der Waals surface area contributed by atoms with Crippen molar-refractivity contribution in [2.45, 2.75) is 46.6 Å². The van der Waals surface area contributed by atoms with Crippen molar-refractivity contribution in [1.29, 1.82) is 0 Å². The van der Waals surface area contributed by atoms with Crippen LogP contribution in [-0.2, 0) is 4.79 Å². The van der Waals surface area contributed by atoms with Crippen LogP contribution in [-0.4, -0.2) is 18.3 Å². The van der Waals surface area contributed by atoms with Crippen molar-refractivity contribution < 1.29 is 14.3 Å². The number of amides is 1. The lowest BCUT2D eigenvalue weighted by Crippen LogP contribution is -2.27. The number of ether oxygens (including phenoxy) is 1. The molecule has 0 radical (unpaired) electrons. The summed E-state index contributed by atoms with van der Waals surface area (Å²) in [5, 5.41) is 2.99. The van der Waals surface area contributed by atoms with Crippen LogP contribution in [0.25, 0.3) is 0 Å². The van der Waals surface area contributed by atoms with Crippen molar-refractivity contribution in [3.05, 3.63) is 64.7 Å². The number of ketones is 1. The molecule has 0 aliphatic heterocycles. The Morgan fingerprint density at radius 3 is 2.38 bits per heavy atom. The van der Waals surface area contributed by atoms with Gasteiger partial charge in [0.15, 0.2) is 5.78 Å². The molecule has 0 bridgehead atoms. The summed E-state index contributed by atoms with van der Waals surface area (Å²) in [7, 11) is 0. The van der Waals surface area contributed by atoms with Crippen LogP contribution in [0.3, 0.4) is 0 Å². The van der Waals surface area contributed by atoms with E-state index >= 15 is 0 Å². The average molecular weight is 353 g/mol. The number of hydrogen-bond donors (Lipinski definition) is 1. The molecule has 0 aromatic heterocycles. The Hall–Kier alpha value is -2.62. The van der Waals surface area contributed by atoms with Gasteiger partial charge >= 0.3 is 0 Å². The highest BCUT2D eigenvalue weighted by atomic mass is 16.5. The SMILES string of the molecule is CCOc1ccc(C(=O)CCC(=O)NC(C)c2cc(C)ccc2C)cc1. The second-order valence-electron chi connectivity index (χ2n) is 6.53. The Morgan fingerprint density at radius 1 is 1.04 bits per heavy atom. The van der Waals surface area contributed by atoms with Gasteiger partial charge in [0.25, 0.3) is 0 Å². The first-order valence-electron chi connectivity index (χ1n) is 9.03. The lowest BCUT2D eigenvalue weighted by atomic mass is 9.99. The van der Waals surface area contributed by atoms with E-state index in [4.69, 9.17) is 4.74 Å². The monoisotopic (exact) mass is 353 g/mol. The molecule has 4 heteroatoms. The van der Waals surface area contributed by atoms with Gasteiger partial charge in [0.1, 0.15) is 5.75 Å². The third-order valence-electron chi connectivity index (χ3n) is 4.35. The molecular formula is C22H27NO3. The van der Waals surface area contributed by atoms with Crippen LogP contribution in [0.15, 0.2) is 42.5 Å². The highest BCUT2D eigenvalue weighted by Crippen LogP contribution is 2.19. The Labute approximate surface area is 155 Å². The van der Waals surface area contributed by atoms with E-state index in [1.165, 1.54) is 0 Å². The molecule has 1 atom stereocenters. The molecule has 0 aliphatic carbocycles. The zero-order valence-electron chi connectivity index (χ0n) is 16.0. The fourth-order valence-corrected chi connectivity index (χ4v) is 2.89. The van der Waals surface area contributed by atoms with E-state index in [1.54, 1.807) is 24.3 Å². The number of carbonyl (C=O) groups is 2. The van der Waals surface area contributed by atoms with Crippen LogP contribution in [0.1, 0.15) is 59.8 Å². The topological polar surface area (TPSA) is 55.4 Å². The normalized spacial score (nSPS) is 11.7. The number of hydrogen-bond acceptors (Lipinski definition) is 3. The third kappa shape index (κ3) is 5.45. The Balaban J connectivity index is 1.87. The first-order chi connectivity index (χ1) is 12.4. The zero-order valence-corrected chi connectivity index (χ0v) is 16.0. The first-order valence-corrected chi connectivity index (χ1v) is 9.03. The third-order valence-corrected chi connectivity index (χ3v) is 4.35. The number of carbonyl (C=O) groups excluding carboxylic acids is 2. The summed E-state index contributed by atoms with van der Waals surface area (Å²) in [6, 6.07) is 13.2. The van der Waals surface area contributed by atoms with Crippen LogP contribution in [0.2, 0.25) is 0 Å². The summed E-state index contributed by atoms with van der Waals surface area (Å²) in [6.07, 6.45) is 0.376. The number of Topliss-reactive ketones (excluding diaryl/α,β-unsaturated/α-hetero) is 1. The average Bonchev–Trinajstić information content (AvgIpc) is 2.62. The molecule has 2 aromatic rings. The largest absolute Gasteiger partial charge is 0.494 e. The lowest BCUT2D eigenvalue weighted by molar-refractivity contribution is -0.121. The van der Waals surface area contributed by atoms with Crippen LogP contribution in [0.4, 0.5) is 0 Å². The molecule has 1 unspecified atom stereocenters. The molecule has 138 valence electrons. The fourth-order valence-electron chi connectivity index (χ4n) is 2.89. The number of benzene rings is 2. The van der Waals surface area contributed by atoms with Gasteiger partial charge < -0.3 is 10.1 Å². The summed E-state index contributed by atoms with van der Waals surface area (Å²) in [6.45, 7) is 8.54. The predicted molar refractivity (Wildman–Crippen MR) is 104 cm³/mol. The van der Waals surface area contributed by atoms with Gasteiger partial charge in [-0.25, -0.2) is 0 Å². The van der Waals surface area contributed by atoms with Gasteiger partial charge in [-0.3, -0.25) is 9.59 Å². The van der Waals surface area contributed by atoms with Crippen molar-refractivity contribution >= 4 is 11.7 Å². The summed E-state index contributed by atoms with van der Waals surface area (Å²) in [4.78, 5) is 24.5. The Kier molecular flexibility index (Phi) is 6.96. The predicted octanol–water partition coefficient (Wildman–Crippen LogP) is 4.54. The quantitative estimate of drug-likeness (QED) is 0.709. The number of nitrogens with one attached hydrogen (secondary N) is 1. The number of rotatable bonds is 8. The van der Waals surface area contributed by atoms with Crippen LogP contribution in [0, 0.1) is 13.8 Å². The molecule has 1 N–H and O–H groups in total. The lowest BCUT2D eigenvalue weighted by Gasteiger charge is -2.17. The first kappa shape index (κ1) is 19.7. The molecule has 2 rings (SSSR count). The zero-order chi connectivity index (χ0) is 19.1. The molecule has 0 spiro atoms. The molecule has 0 aliphatic rings. The van der Waals surface area contributed by atoms with E-state index in [-0.39, 0.29) is 30.6 Å². The van der Waals surface area contributed by atoms with Gasteiger partial charge in [0.05, 0.1) is 12.6 Å². The summed E-state index contributed by atoms with van der Waals surface area (Å²) < 4.78 is 5.37. The minimum Gasteiger partial charge on any atom is -0.494 e. The maximum absolute atomic E-state index is 12.3. The summed E-state index contributed by atoms with van der Waals surface area (Å²) in [5.74, 6) is 0.587. The standard InChI is InChI=1S/C22H27NO3/c1-5-26-19-10-8-18(9-11-19)21(24)12-13-22(25)23-17(4)20-14-15(2)6-7-16(20)3/h6-11,14,17H,5,12-13H2,1-4H3,(H,23,25). The van der Waals surface area contributed by atoms with Crippen molar-refractivity contribution in [3.8, 4) is 5.75 Å². The molecule has 2 aromatic carbocycles. The van der Waals surface area contributed by atoms with Crippen molar-refractivity contribution in [2.75, 3.05) is 6.61 Å². The maximum atomic E-state index is 12.3. The van der Waals surface area contributed by atoms with Crippen LogP contribution >= 0.6 is 0 Å². The molecule has 0 saturated heterocycles. The van der Waals surface area contributed by atoms with Crippen molar-refractivity contribution in [3.63, 3.8) is 0 Å². The van der Waals surface area contributed by atoms with E-state index < -0.39 is 0 Å². The summed E-state index contributed by atoms with van der Waals surface area (Å²) >= 11 is 0. The van der Waals surface area contributed by atoms with Gasteiger partial charge in [0.2, 0.25) is 5.91 Å². The van der Waals surface area contributed by atoms with Gasteiger partial charge in [-0.1, -0.05) is 23.8 Å². The Bertz CT molecular complexity index is 765. The van der Waals surface area contributed by atoms with E-state index in [9.17, 15) is 9.59 Å². The van der Waals surface area contributed by atoms with E-state index in [1.807, 2.05) is 27.7 Å². The minimum absolute atomic E-state index is 0.0393. The Morgan fingerprint density at radius 2 is 1.73 bits per heavy atom. The van der Waals surface area contributed by atoms with Crippen LogP contribution < -0.4 is 10.1 Å². The molecular weight excluding hydrogens is 326 g/mol. The van der Waals surface area contributed by atoms with Gasteiger partial charge in [-0.15, -0.1) is 0 Å². The maximum Gasteiger partial charge on any atom is 0.220 e. The van der Waals surface area contributed by atoms with Gasteiger partial charge in [-0.05, 0) is 63.1 Å². The van der Waals surface area contributed by atoms with Crippen LogP contribution in [0.5, 0.6) is 5.75 Å². The molecule has 0 saturated carbocycles. The highest BCUT2D eigenvalue weighted by molar-refractivity contribution is 5.98. The molecule has 1 amide bonds. The second kappa shape index (κ2) is 9.18. The van der Waals surface area contributed by atoms with Crippen molar-refractivity contribution in [2.24, 2.45) is 0 Å². The minimum atomic E-state index is -0.113.